The van der Waals surface area contributed by atoms with Gasteiger partial charge >= 0.3 is 0 Å². The molecule has 0 saturated carbocycles. The molecule has 1 aromatic rings. The minimum atomic E-state index is 0.540. The van der Waals surface area contributed by atoms with Crippen LogP contribution in [0.5, 0.6) is 0 Å². The number of thiophene rings is 1. The molecule has 0 bridgehead atoms. The Bertz CT molecular complexity index is 254. The van der Waals surface area contributed by atoms with Gasteiger partial charge in [0.1, 0.15) is 10.9 Å². The molecule has 0 aliphatic carbocycles. The third-order valence-electron chi connectivity index (χ3n) is 1.40. The lowest BCUT2D eigenvalue weighted by Gasteiger charge is -1.96. The van der Waals surface area contributed by atoms with Crippen molar-refractivity contribution in [2.75, 3.05) is 0 Å². The summed E-state index contributed by atoms with van der Waals surface area (Å²) in [6, 6.07) is 4.07. The van der Waals surface area contributed by atoms with E-state index in [2.05, 4.69) is 19.9 Å². The molecule has 1 heterocycles. The van der Waals surface area contributed by atoms with Crippen molar-refractivity contribution in [3.8, 4) is 6.07 Å². The Balaban J connectivity index is 2.91. The van der Waals surface area contributed by atoms with Crippen molar-refractivity contribution in [2.45, 2.75) is 19.8 Å². The largest absolute Gasteiger partial charge is 0.192 e. The summed E-state index contributed by atoms with van der Waals surface area (Å²) in [6.45, 7) is 4.26. The lowest BCUT2D eigenvalue weighted by molar-refractivity contribution is 0.872. The second-order valence-electron chi connectivity index (χ2n) is 2.51. The Hall–Kier alpha value is -0.810. The van der Waals surface area contributed by atoms with Crippen molar-refractivity contribution in [3.05, 3.63) is 21.9 Å². The quantitative estimate of drug-likeness (QED) is 0.605. The molecule has 0 aromatic carbocycles. The number of rotatable bonds is 1. The van der Waals surface area contributed by atoms with Crippen molar-refractivity contribution >= 4 is 11.3 Å². The van der Waals surface area contributed by atoms with Crippen LogP contribution in [0.1, 0.15) is 30.2 Å². The van der Waals surface area contributed by atoms with Crippen LogP contribution in [0.2, 0.25) is 0 Å². The van der Waals surface area contributed by atoms with Gasteiger partial charge in [-0.25, -0.2) is 0 Å². The highest BCUT2D eigenvalue weighted by atomic mass is 32.1. The van der Waals surface area contributed by atoms with Crippen LogP contribution >= 0.6 is 11.3 Å². The third kappa shape index (κ3) is 1.37. The van der Waals surface area contributed by atoms with Crippen molar-refractivity contribution in [3.63, 3.8) is 0 Å². The molecule has 0 atom stereocenters. The lowest BCUT2D eigenvalue weighted by Crippen LogP contribution is -1.80. The molecule has 1 nitrogen and oxygen atoms in total. The van der Waals surface area contributed by atoms with E-state index in [0.717, 1.165) is 4.88 Å². The first kappa shape index (κ1) is 7.30. The van der Waals surface area contributed by atoms with E-state index in [1.165, 1.54) is 16.9 Å². The monoisotopic (exact) mass is 151 g/mol. The van der Waals surface area contributed by atoms with Crippen LogP contribution in [-0.2, 0) is 0 Å². The molecule has 0 fully saturated rings. The molecule has 0 saturated heterocycles. The second kappa shape index (κ2) is 2.85. The molecule has 0 amide bonds. The van der Waals surface area contributed by atoms with Crippen molar-refractivity contribution in [1.29, 1.82) is 5.26 Å². The van der Waals surface area contributed by atoms with E-state index in [1.54, 1.807) is 0 Å². The topological polar surface area (TPSA) is 23.8 Å². The van der Waals surface area contributed by atoms with E-state index in [4.69, 9.17) is 5.26 Å². The third-order valence-corrected chi connectivity index (χ3v) is 2.25. The molecular formula is C8H9NS. The fourth-order valence-electron chi connectivity index (χ4n) is 0.712. The average molecular weight is 151 g/mol. The van der Waals surface area contributed by atoms with Crippen LogP contribution in [0.3, 0.4) is 0 Å². The first-order valence-electron chi connectivity index (χ1n) is 3.22. The molecule has 0 aliphatic heterocycles. The lowest BCUT2D eigenvalue weighted by atomic mass is 10.1. The Kier molecular flexibility index (Phi) is 2.08. The van der Waals surface area contributed by atoms with Gasteiger partial charge in [0.2, 0.25) is 0 Å². The minimum Gasteiger partial charge on any atom is -0.192 e. The van der Waals surface area contributed by atoms with Crippen LogP contribution in [-0.4, -0.2) is 0 Å². The van der Waals surface area contributed by atoms with Gasteiger partial charge in [0.25, 0.3) is 0 Å². The van der Waals surface area contributed by atoms with Gasteiger partial charge in [0.15, 0.2) is 0 Å². The van der Waals surface area contributed by atoms with Gasteiger partial charge in [0, 0.05) is 0 Å². The Morgan fingerprint density at radius 2 is 2.30 bits per heavy atom. The van der Waals surface area contributed by atoms with Gasteiger partial charge < -0.3 is 0 Å². The van der Waals surface area contributed by atoms with Crippen LogP contribution in [0.4, 0.5) is 0 Å². The van der Waals surface area contributed by atoms with E-state index >= 15 is 0 Å². The zero-order chi connectivity index (χ0) is 7.56. The van der Waals surface area contributed by atoms with Crippen LogP contribution in [0.25, 0.3) is 0 Å². The predicted molar refractivity (Wildman–Crippen MR) is 43.1 cm³/mol. The van der Waals surface area contributed by atoms with E-state index in [-0.39, 0.29) is 0 Å². The first-order valence-corrected chi connectivity index (χ1v) is 4.10. The van der Waals surface area contributed by atoms with Crippen molar-refractivity contribution in [1.82, 2.24) is 0 Å². The molecule has 0 radical (unpaired) electrons. The summed E-state index contributed by atoms with van der Waals surface area (Å²) < 4.78 is 0. The summed E-state index contributed by atoms with van der Waals surface area (Å²) in [6.07, 6.45) is 0. The maximum absolute atomic E-state index is 8.49. The van der Waals surface area contributed by atoms with Gasteiger partial charge in [-0.3, -0.25) is 0 Å². The van der Waals surface area contributed by atoms with E-state index < -0.39 is 0 Å². The number of nitrogens with zero attached hydrogens (tertiary/aromatic N) is 1. The Morgan fingerprint density at radius 3 is 2.60 bits per heavy atom. The van der Waals surface area contributed by atoms with E-state index in [0.29, 0.717) is 5.92 Å². The Morgan fingerprint density at radius 1 is 1.60 bits per heavy atom. The molecule has 1 rings (SSSR count). The predicted octanol–water partition coefficient (Wildman–Crippen LogP) is 2.74. The zero-order valence-electron chi connectivity index (χ0n) is 6.09. The Labute approximate surface area is 64.9 Å². The smallest absolute Gasteiger partial charge is 0.110 e. The highest BCUT2D eigenvalue weighted by Gasteiger charge is 2.01. The van der Waals surface area contributed by atoms with Crippen molar-refractivity contribution < 1.29 is 0 Å². The molecule has 0 unspecified atom stereocenters. The summed E-state index contributed by atoms with van der Waals surface area (Å²) in [4.78, 5) is 0.809. The van der Waals surface area contributed by atoms with E-state index in [1.807, 2.05) is 11.4 Å². The van der Waals surface area contributed by atoms with Crippen molar-refractivity contribution in [2.24, 2.45) is 0 Å². The van der Waals surface area contributed by atoms with Gasteiger partial charge in [-0.15, -0.1) is 11.3 Å². The summed E-state index contributed by atoms with van der Waals surface area (Å²) in [5.74, 6) is 0.540. The number of hydrogen-bond donors (Lipinski definition) is 0. The van der Waals surface area contributed by atoms with Gasteiger partial charge in [-0.05, 0) is 22.9 Å². The molecule has 0 aliphatic rings. The molecule has 52 valence electrons. The molecule has 0 spiro atoms. The molecule has 2 heteroatoms. The highest BCUT2D eigenvalue weighted by Crippen LogP contribution is 2.20. The second-order valence-corrected chi connectivity index (χ2v) is 3.42. The maximum atomic E-state index is 8.49. The summed E-state index contributed by atoms with van der Waals surface area (Å²) in [5.41, 5.74) is 1.27. The molecule has 10 heavy (non-hydrogen) atoms. The van der Waals surface area contributed by atoms with Crippen LogP contribution in [0, 0.1) is 11.3 Å². The number of nitriles is 1. The molecule has 0 N–H and O–H groups in total. The molecular weight excluding hydrogens is 142 g/mol. The number of hydrogen-bond acceptors (Lipinski definition) is 2. The van der Waals surface area contributed by atoms with Gasteiger partial charge in [0.05, 0.1) is 0 Å². The highest BCUT2D eigenvalue weighted by molar-refractivity contribution is 7.10. The standard InChI is InChI=1S/C8H9NS/c1-6(2)7-3-8(4-9)10-5-7/h3,5-6H,1-2H3. The van der Waals surface area contributed by atoms with E-state index in [9.17, 15) is 0 Å². The SMILES string of the molecule is CC(C)c1csc(C#N)c1. The summed E-state index contributed by atoms with van der Waals surface area (Å²) in [7, 11) is 0. The minimum absolute atomic E-state index is 0.540. The van der Waals surface area contributed by atoms with Gasteiger partial charge in [-0.1, -0.05) is 13.8 Å². The fraction of sp³-hybridized carbons (Fsp3) is 0.375. The normalized spacial score (nSPS) is 9.80. The first-order chi connectivity index (χ1) is 4.74. The zero-order valence-corrected chi connectivity index (χ0v) is 6.90. The summed E-state index contributed by atoms with van der Waals surface area (Å²) in [5, 5.41) is 10.5. The maximum Gasteiger partial charge on any atom is 0.110 e. The average Bonchev–Trinajstić information content (AvgIpc) is 2.34. The molecule has 1 aromatic heterocycles. The summed E-state index contributed by atoms with van der Waals surface area (Å²) >= 11 is 1.52. The van der Waals surface area contributed by atoms with Crippen LogP contribution in [0.15, 0.2) is 11.4 Å². The van der Waals surface area contributed by atoms with Crippen LogP contribution < -0.4 is 0 Å². The van der Waals surface area contributed by atoms with Gasteiger partial charge in [-0.2, -0.15) is 5.26 Å². The fourth-order valence-corrected chi connectivity index (χ4v) is 1.57.